The van der Waals surface area contributed by atoms with Crippen molar-refractivity contribution in [1.29, 1.82) is 0 Å². The number of esters is 1. The monoisotopic (exact) mass is 1200 g/mol. The van der Waals surface area contributed by atoms with Crippen LogP contribution in [0.3, 0.4) is 0 Å². The van der Waals surface area contributed by atoms with Crippen LogP contribution in [-0.2, 0) is 66.7 Å². The summed E-state index contributed by atoms with van der Waals surface area (Å²) in [5.74, 6) is -1.06. The topological polar surface area (TPSA) is 416 Å². The first-order valence-electron chi connectivity index (χ1n) is 28.3. The minimum absolute atomic E-state index is 0.141. The summed E-state index contributed by atoms with van der Waals surface area (Å²) in [7, 11) is -4.03. The van der Waals surface area contributed by atoms with Gasteiger partial charge in [0.05, 0.1) is 44.2 Å². The molecular formula is C54H86O27S. The molecule has 28 heteroatoms. The lowest BCUT2D eigenvalue weighted by Gasteiger charge is -2.64. The number of rotatable bonds is 17. The van der Waals surface area contributed by atoms with E-state index in [9.17, 15) is 79.0 Å². The quantitative estimate of drug-likeness (QED) is 0.0310. The fraction of sp³-hybridized carbons (Fsp3) is 0.907. The molecule has 0 bridgehead atoms. The van der Waals surface area contributed by atoms with E-state index < -0.39 is 204 Å². The number of carbonyl (C=O) groups excluding carboxylic acids is 1. The Morgan fingerprint density at radius 3 is 1.93 bits per heavy atom. The SMILES string of the molecule is C=C(C)[C@@H](O)CC[C@]1(C)OC(=O)[C@]23[C@@H](O)C=C4[C@@H](CCC5C(C)(C)[C@@H](O[C@@H]6OC[C@@H](OS(=O)(=O)O)[C@H](O)[C@H]6O[C@@H]6O[C@H](C)[C@@H](O[C@@H]7O[C@H](CO)[C@@H](O)[C@H](O[C@@H]8O[C@H](CO)[C@@H](O)[C@H](OC)[C@H]8O)[C@H]7O)[C@H](O)[C@H]6O)CC[C@]45C)[C@]2(C)CC[C@@]31O. The number of hydrogen-bond donors (Lipinski definition) is 13. The van der Waals surface area contributed by atoms with Gasteiger partial charge in [0.25, 0.3) is 0 Å². The number of hydrogen-bond acceptors (Lipinski definition) is 26. The van der Waals surface area contributed by atoms with E-state index in [1.165, 1.54) is 14.0 Å². The molecule has 5 heterocycles. The number of methoxy groups -OCH3 is 1. The summed E-state index contributed by atoms with van der Waals surface area (Å²) in [5, 5.41) is 135. The summed E-state index contributed by atoms with van der Waals surface area (Å²) in [6.45, 7) is 14.5. The van der Waals surface area contributed by atoms with Crippen LogP contribution in [0.2, 0.25) is 0 Å². The van der Waals surface area contributed by atoms with Gasteiger partial charge in [0.15, 0.2) is 25.2 Å². The van der Waals surface area contributed by atoms with Crippen LogP contribution in [0.1, 0.15) is 99.8 Å². The molecule has 29 atom stereocenters. The third-order valence-electron chi connectivity index (χ3n) is 20.8. The lowest BCUT2D eigenvalue weighted by Crippen LogP contribution is -2.68. The molecule has 4 aliphatic carbocycles. The van der Waals surface area contributed by atoms with Crippen molar-refractivity contribution < 1.29 is 131 Å². The molecule has 27 nitrogen and oxygen atoms in total. The van der Waals surface area contributed by atoms with Crippen LogP contribution in [0.15, 0.2) is 23.8 Å². The molecule has 5 aliphatic heterocycles. The first-order chi connectivity index (χ1) is 38.2. The summed E-state index contributed by atoms with van der Waals surface area (Å²) in [4.78, 5) is 14.5. The van der Waals surface area contributed by atoms with Gasteiger partial charge in [-0.15, -0.1) is 0 Å². The van der Waals surface area contributed by atoms with Gasteiger partial charge in [0.1, 0.15) is 102 Å². The van der Waals surface area contributed by atoms with Gasteiger partial charge in [-0.3, -0.25) is 9.35 Å². The lowest BCUT2D eigenvalue weighted by atomic mass is 9.40. The van der Waals surface area contributed by atoms with Crippen LogP contribution in [0, 0.1) is 33.5 Å². The molecule has 0 aromatic heterocycles. The number of carbonyl (C=O) groups is 1. The molecule has 1 unspecified atom stereocenters. The normalized spacial score (nSPS) is 51.5. The van der Waals surface area contributed by atoms with Crippen molar-refractivity contribution in [2.45, 2.75) is 246 Å². The Labute approximate surface area is 475 Å². The van der Waals surface area contributed by atoms with E-state index in [2.05, 4.69) is 13.5 Å². The standard InChI is InChI=1S/C54H86O27S/c1-22(2)26(57)12-15-52(8)53(67)17-16-51(7)24-10-11-30-49(4,5)32(13-14-50(30,6)25(24)18-31(58)54(51,53)48(66)80-52)76-47-43(35(61)29(21-72-47)81-82(68,69)70)79-44-37(63)36(62)40(23(3)73-44)77-46-39(65)42(34(60)28(20-56)75-46)78-45-38(64)41(71-9)33(59)27(19-55)74-45/h18,23-24,26-47,55-65,67H,1,10-17,19-21H2,2-9H3,(H,68,69,70)/t23-,24-,26+,27-,28-,29-,30?,31+,32+,33-,34-,35+,36-,37-,38-,39-,40-,41+,42+,43-,44+,45+,46+,47+,50-,51+,52+,53+,54-/m1/s1. The van der Waals surface area contributed by atoms with E-state index in [0.29, 0.717) is 37.7 Å². The average Bonchev–Trinajstić information content (AvgIpc) is 1.45. The van der Waals surface area contributed by atoms with E-state index in [-0.39, 0.29) is 31.1 Å². The van der Waals surface area contributed by atoms with Crippen LogP contribution in [0.4, 0.5) is 0 Å². The minimum Gasteiger partial charge on any atom is -0.456 e. The van der Waals surface area contributed by atoms with Crippen molar-refractivity contribution in [2.24, 2.45) is 33.5 Å². The van der Waals surface area contributed by atoms with Crippen LogP contribution in [0.5, 0.6) is 0 Å². The molecule has 8 fully saturated rings. The molecule has 0 radical (unpaired) electrons. The Hall–Kier alpha value is -2.02. The molecule has 82 heavy (non-hydrogen) atoms. The van der Waals surface area contributed by atoms with Gasteiger partial charge in [0, 0.05) is 7.11 Å². The molecule has 1 spiro atoms. The summed E-state index contributed by atoms with van der Waals surface area (Å²) >= 11 is 0. The second-order valence-electron chi connectivity index (χ2n) is 25.6. The zero-order valence-electron chi connectivity index (χ0n) is 47.4. The highest BCUT2D eigenvalue weighted by Crippen LogP contribution is 2.77. The number of aliphatic hydroxyl groups excluding tert-OH is 11. The van der Waals surface area contributed by atoms with Crippen LogP contribution in [0.25, 0.3) is 0 Å². The van der Waals surface area contributed by atoms with Crippen LogP contribution in [-0.4, -0.2) is 253 Å². The highest BCUT2D eigenvalue weighted by atomic mass is 32.3. The smallest absolute Gasteiger partial charge is 0.397 e. The van der Waals surface area contributed by atoms with Crippen molar-refractivity contribution in [2.75, 3.05) is 26.9 Å². The maximum atomic E-state index is 14.5. The van der Waals surface area contributed by atoms with E-state index in [1.54, 1.807) is 19.9 Å². The third kappa shape index (κ3) is 10.3. The van der Waals surface area contributed by atoms with Crippen molar-refractivity contribution in [3.8, 4) is 0 Å². The lowest BCUT2D eigenvalue weighted by molar-refractivity contribution is -0.389. The van der Waals surface area contributed by atoms with Gasteiger partial charge >= 0.3 is 16.4 Å². The van der Waals surface area contributed by atoms with E-state index in [1.807, 2.05) is 20.8 Å². The second kappa shape index (κ2) is 23.2. The van der Waals surface area contributed by atoms with Crippen molar-refractivity contribution >= 4 is 16.4 Å². The Balaban J connectivity index is 0.913. The first kappa shape index (κ1) is 64.5. The molecular weight excluding hydrogens is 1110 g/mol. The summed E-state index contributed by atoms with van der Waals surface area (Å²) < 4.78 is 97.7. The fourth-order valence-electron chi connectivity index (χ4n) is 16.2. The van der Waals surface area contributed by atoms with Gasteiger partial charge < -0.3 is 109 Å². The van der Waals surface area contributed by atoms with Gasteiger partial charge in [-0.25, -0.2) is 4.18 Å². The highest BCUT2D eigenvalue weighted by molar-refractivity contribution is 7.80. The van der Waals surface area contributed by atoms with E-state index in [0.717, 1.165) is 5.57 Å². The van der Waals surface area contributed by atoms with Crippen LogP contribution < -0.4 is 0 Å². The molecule has 9 aliphatic rings. The van der Waals surface area contributed by atoms with Gasteiger partial charge in [0.2, 0.25) is 0 Å². The van der Waals surface area contributed by atoms with E-state index in [4.69, 9.17) is 51.6 Å². The predicted octanol–water partition coefficient (Wildman–Crippen LogP) is -2.50. The molecule has 13 N–H and O–H groups in total. The molecule has 9 rings (SSSR count). The third-order valence-corrected chi connectivity index (χ3v) is 21.3. The van der Waals surface area contributed by atoms with Crippen molar-refractivity contribution in [3.05, 3.63) is 23.8 Å². The Kier molecular flexibility index (Phi) is 18.2. The van der Waals surface area contributed by atoms with Gasteiger partial charge in [-0.2, -0.15) is 8.42 Å². The molecule has 0 amide bonds. The predicted molar refractivity (Wildman–Crippen MR) is 275 cm³/mol. The summed E-state index contributed by atoms with van der Waals surface area (Å²) in [6, 6.07) is 0. The first-order valence-corrected chi connectivity index (χ1v) is 29.6. The Bertz CT molecular complexity index is 2470. The number of fused-ring (bicyclic) bond motifs is 4. The molecule has 3 saturated carbocycles. The summed E-state index contributed by atoms with van der Waals surface area (Å²) in [6.07, 6.45) is -30.7. The maximum absolute atomic E-state index is 14.5. The second-order valence-corrected chi connectivity index (χ2v) is 26.7. The van der Waals surface area contributed by atoms with Gasteiger partial charge in [-0.05, 0) is 100 Å². The number of aliphatic hydroxyl groups is 12. The summed E-state index contributed by atoms with van der Waals surface area (Å²) in [5.41, 5.74) is -5.61. The van der Waals surface area contributed by atoms with Crippen molar-refractivity contribution in [3.63, 3.8) is 0 Å². The average molecular weight is 1200 g/mol. The zero-order valence-corrected chi connectivity index (χ0v) is 48.2. The molecule has 0 aromatic carbocycles. The maximum Gasteiger partial charge on any atom is 0.397 e. The molecule has 470 valence electrons. The minimum atomic E-state index is -5.20. The zero-order chi connectivity index (χ0) is 60.4. The fourth-order valence-corrected chi connectivity index (χ4v) is 16.7. The van der Waals surface area contributed by atoms with E-state index >= 15 is 0 Å². The molecule has 5 saturated heterocycles. The Morgan fingerprint density at radius 2 is 1.33 bits per heavy atom. The number of cyclic esters (lactones) is 1. The largest absolute Gasteiger partial charge is 0.456 e. The number of allylic oxidation sites excluding steroid dienone is 1. The highest BCUT2D eigenvalue weighted by Gasteiger charge is 2.85. The van der Waals surface area contributed by atoms with Gasteiger partial charge in [-0.1, -0.05) is 51.5 Å². The number of ether oxygens (including phenoxy) is 10. The molecule has 0 aromatic rings. The van der Waals surface area contributed by atoms with Crippen LogP contribution >= 0.6 is 0 Å². The van der Waals surface area contributed by atoms with Crippen molar-refractivity contribution in [1.82, 2.24) is 0 Å². The Morgan fingerprint density at radius 1 is 0.744 bits per heavy atom.